The van der Waals surface area contributed by atoms with Crippen molar-refractivity contribution in [2.24, 2.45) is 0 Å². The van der Waals surface area contributed by atoms with Gasteiger partial charge in [0.05, 0.1) is 29.6 Å². The van der Waals surface area contributed by atoms with Gasteiger partial charge >= 0.3 is 6.09 Å². The van der Waals surface area contributed by atoms with E-state index in [9.17, 15) is 10.0 Å². The molecular formula is C27H28N4O3. The minimum atomic E-state index is -0.270. The molecule has 1 N–H and O–H groups in total. The third kappa shape index (κ3) is 3.99. The lowest BCUT2D eigenvalue weighted by Gasteiger charge is -2.39. The summed E-state index contributed by atoms with van der Waals surface area (Å²) in [5.41, 5.74) is 4.35. The highest BCUT2D eigenvalue weighted by Gasteiger charge is 2.34. The standard InChI is InChI=1S/C27H28N4O3/c1-2-34-27(32)30-18-16-29(17-19-30)26(22-13-8-9-15-28-22)24-21-12-6-7-14-23(21)31(33)25(24)20-10-4-3-5-11-20/h3-15,26,33H,2,16-19H2,1H3. The van der Waals surface area contributed by atoms with Gasteiger partial charge in [-0.15, -0.1) is 0 Å². The summed E-state index contributed by atoms with van der Waals surface area (Å²) in [5.74, 6) is 0. The summed E-state index contributed by atoms with van der Waals surface area (Å²) in [4.78, 5) is 21.1. The molecule has 2 aromatic heterocycles. The van der Waals surface area contributed by atoms with Crippen LogP contribution in [0.3, 0.4) is 0 Å². The SMILES string of the molecule is CCOC(=O)N1CCN(C(c2ccccn2)c2c(-c3ccccc3)n(O)c3ccccc23)CC1. The number of ether oxygens (including phenoxy) is 1. The lowest BCUT2D eigenvalue weighted by molar-refractivity contribution is 0.0711. The molecule has 7 heteroatoms. The number of para-hydroxylation sites is 1. The Morgan fingerprint density at radius 1 is 0.971 bits per heavy atom. The predicted molar refractivity (Wildman–Crippen MR) is 131 cm³/mol. The zero-order valence-electron chi connectivity index (χ0n) is 19.2. The summed E-state index contributed by atoms with van der Waals surface area (Å²) in [6.07, 6.45) is 1.53. The lowest BCUT2D eigenvalue weighted by Crippen LogP contribution is -2.50. The lowest BCUT2D eigenvalue weighted by atomic mass is 9.94. The fourth-order valence-electron chi connectivity index (χ4n) is 4.83. The molecule has 5 rings (SSSR count). The van der Waals surface area contributed by atoms with Gasteiger partial charge < -0.3 is 14.8 Å². The normalized spacial score (nSPS) is 15.4. The first-order valence-corrected chi connectivity index (χ1v) is 11.6. The Morgan fingerprint density at radius 2 is 1.68 bits per heavy atom. The van der Waals surface area contributed by atoms with Gasteiger partial charge in [-0.25, -0.2) is 4.79 Å². The largest absolute Gasteiger partial charge is 0.450 e. The molecule has 0 spiro atoms. The molecule has 1 aliphatic rings. The summed E-state index contributed by atoms with van der Waals surface area (Å²) < 4.78 is 6.50. The number of aromatic nitrogens is 2. The van der Waals surface area contributed by atoms with Crippen LogP contribution in [0, 0.1) is 0 Å². The maximum atomic E-state index is 12.3. The number of piperazine rings is 1. The molecule has 1 atom stereocenters. The van der Waals surface area contributed by atoms with Crippen LogP contribution in [0.4, 0.5) is 4.79 Å². The van der Waals surface area contributed by atoms with Crippen LogP contribution in [-0.2, 0) is 4.74 Å². The van der Waals surface area contributed by atoms with E-state index in [1.807, 2.05) is 73.7 Å². The molecule has 0 radical (unpaired) electrons. The van der Waals surface area contributed by atoms with Crippen LogP contribution in [0.1, 0.15) is 24.2 Å². The van der Waals surface area contributed by atoms with E-state index in [4.69, 9.17) is 9.72 Å². The number of carbonyl (C=O) groups is 1. The van der Waals surface area contributed by atoms with Gasteiger partial charge in [0.25, 0.3) is 0 Å². The third-order valence-corrected chi connectivity index (χ3v) is 6.38. The van der Waals surface area contributed by atoms with Crippen molar-refractivity contribution in [1.82, 2.24) is 19.5 Å². The molecule has 1 fully saturated rings. The van der Waals surface area contributed by atoms with Crippen molar-refractivity contribution >= 4 is 17.0 Å². The minimum absolute atomic E-state index is 0.195. The highest BCUT2D eigenvalue weighted by Crippen LogP contribution is 2.41. The van der Waals surface area contributed by atoms with Crippen molar-refractivity contribution in [3.05, 3.63) is 90.3 Å². The van der Waals surface area contributed by atoms with Crippen molar-refractivity contribution in [3.63, 3.8) is 0 Å². The van der Waals surface area contributed by atoms with Gasteiger partial charge in [-0.05, 0) is 25.1 Å². The Bertz CT molecular complexity index is 1270. The molecule has 1 amide bonds. The van der Waals surface area contributed by atoms with E-state index in [0.717, 1.165) is 33.4 Å². The fourth-order valence-corrected chi connectivity index (χ4v) is 4.83. The van der Waals surface area contributed by atoms with E-state index in [2.05, 4.69) is 11.0 Å². The van der Waals surface area contributed by atoms with Crippen molar-refractivity contribution < 1.29 is 14.7 Å². The Balaban J connectivity index is 1.64. The number of amides is 1. The monoisotopic (exact) mass is 456 g/mol. The summed E-state index contributed by atoms with van der Waals surface area (Å²) in [5, 5.41) is 12.3. The van der Waals surface area contributed by atoms with Crippen molar-refractivity contribution in [1.29, 1.82) is 0 Å². The zero-order chi connectivity index (χ0) is 23.5. The smallest absolute Gasteiger partial charge is 0.409 e. The summed E-state index contributed by atoms with van der Waals surface area (Å²) in [6.45, 7) is 4.66. The second kappa shape index (κ2) is 9.57. The van der Waals surface area contributed by atoms with Crippen LogP contribution >= 0.6 is 0 Å². The Kier molecular flexibility index (Phi) is 6.18. The molecule has 1 unspecified atom stereocenters. The number of benzene rings is 2. The molecule has 174 valence electrons. The zero-order valence-corrected chi connectivity index (χ0v) is 19.2. The second-order valence-corrected chi connectivity index (χ2v) is 8.34. The number of fused-ring (bicyclic) bond motifs is 1. The van der Waals surface area contributed by atoms with Crippen LogP contribution in [-0.4, -0.2) is 63.6 Å². The van der Waals surface area contributed by atoms with Crippen molar-refractivity contribution in [3.8, 4) is 11.3 Å². The highest BCUT2D eigenvalue weighted by molar-refractivity contribution is 5.92. The summed E-state index contributed by atoms with van der Waals surface area (Å²) in [7, 11) is 0. The van der Waals surface area contributed by atoms with Crippen LogP contribution in [0.15, 0.2) is 79.0 Å². The van der Waals surface area contributed by atoms with Crippen molar-refractivity contribution in [2.45, 2.75) is 13.0 Å². The van der Waals surface area contributed by atoms with E-state index in [0.29, 0.717) is 32.8 Å². The molecule has 7 nitrogen and oxygen atoms in total. The first kappa shape index (κ1) is 22.0. The number of nitrogens with zero attached hydrogens (tertiary/aromatic N) is 4. The van der Waals surface area contributed by atoms with Gasteiger partial charge in [-0.2, -0.15) is 4.73 Å². The maximum Gasteiger partial charge on any atom is 0.409 e. The molecule has 4 aromatic rings. The van der Waals surface area contributed by atoms with Crippen LogP contribution in [0.25, 0.3) is 22.2 Å². The molecule has 0 saturated carbocycles. The van der Waals surface area contributed by atoms with Gasteiger partial charge in [0.15, 0.2) is 0 Å². The molecular weight excluding hydrogens is 428 g/mol. The third-order valence-electron chi connectivity index (χ3n) is 6.38. The predicted octanol–water partition coefficient (Wildman–Crippen LogP) is 4.80. The van der Waals surface area contributed by atoms with E-state index < -0.39 is 0 Å². The highest BCUT2D eigenvalue weighted by atomic mass is 16.6. The van der Waals surface area contributed by atoms with Crippen LogP contribution < -0.4 is 0 Å². The van der Waals surface area contributed by atoms with Crippen LogP contribution in [0.2, 0.25) is 0 Å². The number of rotatable bonds is 5. The quantitative estimate of drug-likeness (QED) is 0.437. The van der Waals surface area contributed by atoms with E-state index in [1.54, 1.807) is 11.1 Å². The minimum Gasteiger partial charge on any atom is -0.450 e. The second-order valence-electron chi connectivity index (χ2n) is 8.34. The summed E-state index contributed by atoms with van der Waals surface area (Å²) >= 11 is 0. The van der Waals surface area contributed by atoms with Crippen molar-refractivity contribution in [2.75, 3.05) is 32.8 Å². The molecule has 1 saturated heterocycles. The molecule has 3 heterocycles. The van der Waals surface area contributed by atoms with Gasteiger partial charge in [0.1, 0.15) is 0 Å². The number of hydrogen-bond donors (Lipinski definition) is 1. The van der Waals surface area contributed by atoms with E-state index in [1.165, 1.54) is 4.73 Å². The Hall–Kier alpha value is -3.84. The number of pyridine rings is 1. The number of hydrogen-bond acceptors (Lipinski definition) is 5. The summed E-state index contributed by atoms with van der Waals surface area (Å²) in [6, 6.07) is 23.6. The molecule has 0 aliphatic carbocycles. The van der Waals surface area contributed by atoms with Gasteiger partial charge in [-0.1, -0.05) is 54.6 Å². The molecule has 1 aliphatic heterocycles. The maximum absolute atomic E-state index is 12.3. The average Bonchev–Trinajstić information content (AvgIpc) is 3.18. The molecule has 34 heavy (non-hydrogen) atoms. The Labute approximate surface area is 198 Å². The van der Waals surface area contributed by atoms with Gasteiger partial charge in [0.2, 0.25) is 0 Å². The van der Waals surface area contributed by atoms with Crippen LogP contribution in [0.5, 0.6) is 0 Å². The van der Waals surface area contributed by atoms with Gasteiger partial charge in [-0.3, -0.25) is 9.88 Å². The fraction of sp³-hybridized carbons (Fsp3) is 0.259. The first-order chi connectivity index (χ1) is 16.7. The molecule has 0 bridgehead atoms. The molecule has 2 aromatic carbocycles. The average molecular weight is 457 g/mol. The topological polar surface area (TPSA) is 70.8 Å². The number of carbonyl (C=O) groups excluding carboxylic acids is 1. The Morgan fingerprint density at radius 3 is 2.38 bits per heavy atom. The van der Waals surface area contributed by atoms with Gasteiger partial charge in [0, 0.05) is 48.9 Å². The van der Waals surface area contributed by atoms with E-state index in [-0.39, 0.29) is 12.1 Å². The first-order valence-electron chi connectivity index (χ1n) is 11.6. The van der Waals surface area contributed by atoms with E-state index >= 15 is 0 Å².